The van der Waals surface area contributed by atoms with Crippen molar-refractivity contribution in [3.8, 4) is 0 Å². The lowest BCUT2D eigenvalue weighted by Crippen LogP contribution is -2.38. The topological polar surface area (TPSA) is 49.3 Å². The SMILES string of the molecule is C[C@@H]1CNCC[C@@H]1C(=O)O.Cl. The van der Waals surface area contributed by atoms with E-state index in [0.29, 0.717) is 0 Å². The summed E-state index contributed by atoms with van der Waals surface area (Å²) < 4.78 is 0. The summed E-state index contributed by atoms with van der Waals surface area (Å²) in [5.41, 5.74) is 0. The maximum Gasteiger partial charge on any atom is 0.306 e. The van der Waals surface area contributed by atoms with Crippen LogP contribution in [0.2, 0.25) is 0 Å². The van der Waals surface area contributed by atoms with Gasteiger partial charge >= 0.3 is 5.97 Å². The minimum Gasteiger partial charge on any atom is -0.481 e. The molecule has 11 heavy (non-hydrogen) atoms. The van der Waals surface area contributed by atoms with Crippen LogP contribution in [-0.2, 0) is 4.79 Å². The van der Waals surface area contributed by atoms with E-state index in [0.717, 1.165) is 19.5 Å². The molecule has 0 aliphatic carbocycles. The van der Waals surface area contributed by atoms with Crippen molar-refractivity contribution < 1.29 is 9.90 Å². The monoisotopic (exact) mass is 179 g/mol. The first-order valence-electron chi connectivity index (χ1n) is 3.65. The first-order chi connectivity index (χ1) is 4.72. The Kier molecular flexibility index (Phi) is 4.45. The number of piperidine rings is 1. The highest BCUT2D eigenvalue weighted by Gasteiger charge is 2.26. The molecular formula is C7H14ClNO2. The Morgan fingerprint density at radius 3 is 2.64 bits per heavy atom. The Bertz CT molecular complexity index is 140. The highest BCUT2D eigenvalue weighted by Crippen LogP contribution is 2.17. The zero-order valence-corrected chi connectivity index (χ0v) is 7.36. The van der Waals surface area contributed by atoms with E-state index in [1.54, 1.807) is 0 Å². The summed E-state index contributed by atoms with van der Waals surface area (Å²) in [7, 11) is 0. The lowest BCUT2D eigenvalue weighted by atomic mass is 9.88. The van der Waals surface area contributed by atoms with Crippen LogP contribution in [0, 0.1) is 11.8 Å². The number of nitrogens with one attached hydrogen (secondary N) is 1. The molecule has 2 N–H and O–H groups in total. The number of carbonyl (C=O) groups is 1. The van der Waals surface area contributed by atoms with Gasteiger partial charge in [0.1, 0.15) is 0 Å². The largest absolute Gasteiger partial charge is 0.481 e. The second-order valence-electron chi connectivity index (χ2n) is 2.91. The molecule has 2 atom stereocenters. The van der Waals surface area contributed by atoms with Crippen molar-refractivity contribution in [1.82, 2.24) is 5.32 Å². The van der Waals surface area contributed by atoms with Crippen molar-refractivity contribution in [3.05, 3.63) is 0 Å². The molecule has 4 heteroatoms. The molecule has 1 fully saturated rings. The van der Waals surface area contributed by atoms with Crippen molar-refractivity contribution in [2.24, 2.45) is 11.8 Å². The summed E-state index contributed by atoms with van der Waals surface area (Å²) >= 11 is 0. The highest BCUT2D eigenvalue weighted by atomic mass is 35.5. The first-order valence-corrected chi connectivity index (χ1v) is 3.65. The predicted molar refractivity (Wildman–Crippen MR) is 45.0 cm³/mol. The number of hydrogen-bond donors (Lipinski definition) is 2. The van der Waals surface area contributed by atoms with E-state index >= 15 is 0 Å². The van der Waals surface area contributed by atoms with Crippen LogP contribution in [0.3, 0.4) is 0 Å². The van der Waals surface area contributed by atoms with Gasteiger partial charge in [-0.1, -0.05) is 6.92 Å². The number of aliphatic carboxylic acids is 1. The molecule has 1 aliphatic rings. The number of carboxylic acids is 1. The maximum atomic E-state index is 10.5. The fourth-order valence-corrected chi connectivity index (χ4v) is 1.38. The van der Waals surface area contributed by atoms with Crippen LogP contribution in [0.4, 0.5) is 0 Å². The number of rotatable bonds is 1. The molecule has 0 spiro atoms. The summed E-state index contributed by atoms with van der Waals surface area (Å²) in [6.07, 6.45) is 0.774. The minimum absolute atomic E-state index is 0. The third-order valence-corrected chi connectivity index (χ3v) is 2.10. The van der Waals surface area contributed by atoms with Gasteiger partial charge in [-0.05, 0) is 25.4 Å². The Morgan fingerprint density at radius 2 is 2.27 bits per heavy atom. The molecule has 1 heterocycles. The third kappa shape index (κ3) is 2.67. The predicted octanol–water partition coefficient (Wildman–Crippen LogP) is 0.738. The van der Waals surface area contributed by atoms with Crippen LogP contribution in [0.1, 0.15) is 13.3 Å². The molecule has 0 aromatic rings. The molecule has 1 saturated heterocycles. The molecule has 0 bridgehead atoms. The number of hydrogen-bond acceptors (Lipinski definition) is 2. The van der Waals surface area contributed by atoms with Crippen LogP contribution >= 0.6 is 12.4 Å². The van der Waals surface area contributed by atoms with Gasteiger partial charge in [0.05, 0.1) is 5.92 Å². The van der Waals surface area contributed by atoms with Crippen LogP contribution in [0.15, 0.2) is 0 Å². The zero-order chi connectivity index (χ0) is 7.56. The van der Waals surface area contributed by atoms with E-state index in [1.807, 2.05) is 6.92 Å². The third-order valence-electron chi connectivity index (χ3n) is 2.10. The second-order valence-corrected chi connectivity index (χ2v) is 2.91. The van der Waals surface area contributed by atoms with Crippen molar-refractivity contribution in [1.29, 1.82) is 0 Å². The first kappa shape index (κ1) is 10.7. The van der Waals surface area contributed by atoms with E-state index in [4.69, 9.17) is 5.11 Å². The van der Waals surface area contributed by atoms with Gasteiger partial charge in [0.15, 0.2) is 0 Å². The van der Waals surface area contributed by atoms with Crippen molar-refractivity contribution in [2.45, 2.75) is 13.3 Å². The molecule has 0 saturated carbocycles. The van der Waals surface area contributed by atoms with Gasteiger partial charge in [-0.2, -0.15) is 0 Å². The molecule has 3 nitrogen and oxygen atoms in total. The summed E-state index contributed by atoms with van der Waals surface area (Å²) in [5.74, 6) is -0.485. The van der Waals surface area contributed by atoms with Crippen molar-refractivity contribution in [2.75, 3.05) is 13.1 Å². The maximum absolute atomic E-state index is 10.5. The van der Waals surface area contributed by atoms with E-state index in [2.05, 4.69) is 5.32 Å². The van der Waals surface area contributed by atoms with E-state index < -0.39 is 5.97 Å². The molecule has 1 rings (SSSR count). The van der Waals surface area contributed by atoms with Crippen molar-refractivity contribution in [3.63, 3.8) is 0 Å². The van der Waals surface area contributed by atoms with Gasteiger partial charge < -0.3 is 10.4 Å². The molecule has 0 radical (unpaired) electrons. The zero-order valence-electron chi connectivity index (χ0n) is 6.54. The molecule has 0 amide bonds. The van der Waals surface area contributed by atoms with Gasteiger partial charge in [0.2, 0.25) is 0 Å². The Hall–Kier alpha value is -0.280. The number of halogens is 1. The van der Waals surface area contributed by atoms with Gasteiger partial charge in [-0.15, -0.1) is 12.4 Å². The minimum atomic E-state index is -0.644. The summed E-state index contributed by atoms with van der Waals surface area (Å²) in [6, 6.07) is 0. The quantitative estimate of drug-likeness (QED) is 0.624. The summed E-state index contributed by atoms with van der Waals surface area (Å²) in [4.78, 5) is 10.5. The van der Waals surface area contributed by atoms with E-state index in [9.17, 15) is 4.79 Å². The van der Waals surface area contributed by atoms with Gasteiger partial charge in [0.25, 0.3) is 0 Å². The van der Waals surface area contributed by atoms with Crippen molar-refractivity contribution >= 4 is 18.4 Å². The molecule has 1 aliphatic heterocycles. The molecule has 0 unspecified atom stereocenters. The highest BCUT2D eigenvalue weighted by molar-refractivity contribution is 5.85. The Labute approximate surface area is 72.6 Å². The fourth-order valence-electron chi connectivity index (χ4n) is 1.38. The van der Waals surface area contributed by atoms with Crippen LogP contribution < -0.4 is 5.32 Å². The average Bonchev–Trinajstić information content (AvgIpc) is 1.88. The van der Waals surface area contributed by atoms with E-state index in [1.165, 1.54) is 0 Å². The molecule has 0 aromatic heterocycles. The fraction of sp³-hybridized carbons (Fsp3) is 0.857. The standard InChI is InChI=1S/C7H13NO2.ClH/c1-5-4-8-3-2-6(5)7(9)10;/h5-6,8H,2-4H2,1H3,(H,9,10);1H/t5-,6+;/m1./s1. The molecule has 0 aromatic carbocycles. The Balaban J connectivity index is 0.000001000. The van der Waals surface area contributed by atoms with Gasteiger partial charge in [-0.3, -0.25) is 4.79 Å². The molecule has 66 valence electrons. The summed E-state index contributed by atoms with van der Waals surface area (Å²) in [6.45, 7) is 3.67. The summed E-state index contributed by atoms with van der Waals surface area (Å²) in [5, 5.41) is 11.8. The van der Waals surface area contributed by atoms with Gasteiger partial charge in [0, 0.05) is 0 Å². The molecular weight excluding hydrogens is 166 g/mol. The van der Waals surface area contributed by atoms with Crippen LogP contribution in [-0.4, -0.2) is 24.2 Å². The second kappa shape index (κ2) is 4.57. The van der Waals surface area contributed by atoms with E-state index in [-0.39, 0.29) is 24.2 Å². The Morgan fingerprint density at radius 1 is 1.64 bits per heavy atom. The van der Waals surface area contributed by atoms with Crippen LogP contribution in [0.5, 0.6) is 0 Å². The normalized spacial score (nSPS) is 30.6. The van der Waals surface area contributed by atoms with Gasteiger partial charge in [-0.25, -0.2) is 0 Å². The number of carboxylic acid groups (broad SMARTS) is 1. The van der Waals surface area contributed by atoms with Crippen LogP contribution in [0.25, 0.3) is 0 Å². The average molecular weight is 180 g/mol. The smallest absolute Gasteiger partial charge is 0.306 e. The lowest BCUT2D eigenvalue weighted by Gasteiger charge is -2.25. The lowest BCUT2D eigenvalue weighted by molar-refractivity contribution is -0.144.